The Bertz CT molecular complexity index is 671. The molecular formula is C20H29N3O4. The van der Waals surface area contributed by atoms with Crippen molar-refractivity contribution in [1.29, 1.82) is 0 Å². The van der Waals surface area contributed by atoms with Crippen molar-refractivity contribution in [3.8, 4) is 11.5 Å². The molecule has 27 heavy (non-hydrogen) atoms. The van der Waals surface area contributed by atoms with E-state index < -0.39 is 6.04 Å². The van der Waals surface area contributed by atoms with E-state index in [2.05, 4.69) is 16.0 Å². The quantitative estimate of drug-likeness (QED) is 0.713. The zero-order chi connectivity index (χ0) is 19.2. The predicted octanol–water partition coefficient (Wildman–Crippen LogP) is 2.69. The summed E-state index contributed by atoms with van der Waals surface area (Å²) in [6, 6.07) is 4.95. The number of hydrogen-bond acceptors (Lipinski definition) is 4. The monoisotopic (exact) mass is 375 g/mol. The van der Waals surface area contributed by atoms with Gasteiger partial charge < -0.3 is 25.4 Å². The number of ether oxygens (including phenoxy) is 2. The van der Waals surface area contributed by atoms with E-state index in [1.54, 1.807) is 0 Å². The summed E-state index contributed by atoms with van der Waals surface area (Å²) in [6.07, 6.45) is 5.55. The van der Waals surface area contributed by atoms with Gasteiger partial charge in [0.2, 0.25) is 12.7 Å². The maximum Gasteiger partial charge on any atom is 0.315 e. The average Bonchev–Trinajstić information content (AvgIpc) is 3.12. The van der Waals surface area contributed by atoms with Crippen LogP contribution in [0.25, 0.3) is 0 Å². The molecule has 7 nitrogen and oxygen atoms in total. The minimum absolute atomic E-state index is 0.0149. The molecule has 1 aliphatic heterocycles. The fourth-order valence-electron chi connectivity index (χ4n) is 3.50. The number of carbonyl (C=O) groups is 2. The fraction of sp³-hybridized carbons (Fsp3) is 0.600. The minimum atomic E-state index is -0.581. The highest BCUT2D eigenvalue weighted by Gasteiger charge is 2.25. The molecule has 148 valence electrons. The number of benzene rings is 1. The van der Waals surface area contributed by atoms with Crippen LogP contribution in [0.2, 0.25) is 0 Å². The summed E-state index contributed by atoms with van der Waals surface area (Å²) in [6.45, 7) is 4.43. The van der Waals surface area contributed by atoms with Crippen LogP contribution in [-0.2, 0) is 11.3 Å². The summed E-state index contributed by atoms with van der Waals surface area (Å²) in [5, 5.41) is 8.74. The van der Waals surface area contributed by atoms with Gasteiger partial charge in [-0.2, -0.15) is 0 Å². The van der Waals surface area contributed by atoms with Gasteiger partial charge in [0.1, 0.15) is 6.04 Å². The molecule has 1 fully saturated rings. The number of carbonyl (C=O) groups excluding carboxylic acids is 2. The second kappa shape index (κ2) is 8.97. The molecule has 7 heteroatoms. The molecule has 0 bridgehead atoms. The van der Waals surface area contributed by atoms with Crippen LogP contribution >= 0.6 is 0 Å². The van der Waals surface area contributed by atoms with Crippen molar-refractivity contribution >= 4 is 11.9 Å². The highest BCUT2D eigenvalue weighted by Crippen LogP contribution is 2.32. The molecule has 2 aliphatic rings. The molecule has 3 amide bonds. The number of urea groups is 1. The molecule has 1 aromatic carbocycles. The Morgan fingerprint density at radius 3 is 2.59 bits per heavy atom. The van der Waals surface area contributed by atoms with Gasteiger partial charge in [-0.15, -0.1) is 0 Å². The first-order valence-electron chi connectivity index (χ1n) is 9.76. The molecular weight excluding hydrogens is 346 g/mol. The summed E-state index contributed by atoms with van der Waals surface area (Å²) in [5.74, 6) is 1.19. The number of fused-ring (bicyclic) bond motifs is 1. The van der Waals surface area contributed by atoms with Crippen LogP contribution in [0, 0.1) is 5.92 Å². The maximum atomic E-state index is 12.6. The van der Waals surface area contributed by atoms with E-state index in [4.69, 9.17) is 9.47 Å². The van der Waals surface area contributed by atoms with Crippen molar-refractivity contribution in [2.24, 2.45) is 5.92 Å². The molecule has 3 N–H and O–H groups in total. The Morgan fingerprint density at radius 2 is 1.85 bits per heavy atom. The molecule has 1 saturated carbocycles. The normalized spacial score (nSPS) is 17.4. The molecule has 1 atom stereocenters. The van der Waals surface area contributed by atoms with Crippen molar-refractivity contribution in [2.45, 2.75) is 64.6 Å². The van der Waals surface area contributed by atoms with Crippen molar-refractivity contribution in [1.82, 2.24) is 16.0 Å². The fourth-order valence-corrected chi connectivity index (χ4v) is 3.50. The third-order valence-corrected chi connectivity index (χ3v) is 5.08. The average molecular weight is 375 g/mol. The van der Waals surface area contributed by atoms with Crippen LogP contribution in [-0.4, -0.2) is 30.8 Å². The number of amides is 3. The van der Waals surface area contributed by atoms with Crippen molar-refractivity contribution in [2.75, 3.05) is 6.79 Å². The Morgan fingerprint density at radius 1 is 1.11 bits per heavy atom. The molecule has 3 rings (SSSR count). The van der Waals surface area contributed by atoms with E-state index in [1.807, 2.05) is 32.0 Å². The van der Waals surface area contributed by atoms with Crippen molar-refractivity contribution < 1.29 is 19.1 Å². The first-order valence-corrected chi connectivity index (χ1v) is 9.76. The Balaban J connectivity index is 1.51. The topological polar surface area (TPSA) is 88.7 Å². The minimum Gasteiger partial charge on any atom is -0.454 e. The molecule has 0 radical (unpaired) electrons. The molecule has 0 unspecified atom stereocenters. The standard InChI is InChI=1S/C20H29N3O4/c1-13(2)18(23-20(25)22-15-6-4-3-5-7-15)19(24)21-11-14-8-9-16-17(10-14)27-12-26-16/h8-10,13,15,18H,3-7,11-12H2,1-2H3,(H,21,24)(H2,22,23,25)/t18-/m0/s1. The van der Waals surface area contributed by atoms with E-state index in [1.165, 1.54) is 6.42 Å². The van der Waals surface area contributed by atoms with Gasteiger partial charge in [-0.05, 0) is 36.5 Å². The molecule has 1 heterocycles. The number of rotatable bonds is 6. The third kappa shape index (κ3) is 5.28. The van der Waals surface area contributed by atoms with E-state index in [9.17, 15) is 9.59 Å². The third-order valence-electron chi connectivity index (χ3n) is 5.08. The highest BCUT2D eigenvalue weighted by atomic mass is 16.7. The van der Waals surface area contributed by atoms with Crippen molar-refractivity contribution in [3.63, 3.8) is 0 Å². The van der Waals surface area contributed by atoms with E-state index in [0.717, 1.165) is 31.2 Å². The Hall–Kier alpha value is -2.44. The SMILES string of the molecule is CC(C)[C@H](NC(=O)NC1CCCCC1)C(=O)NCc1ccc2c(c1)OCO2. The maximum absolute atomic E-state index is 12.6. The van der Waals surface area contributed by atoms with Gasteiger partial charge in [0.25, 0.3) is 0 Å². The second-order valence-electron chi connectivity index (χ2n) is 7.58. The number of nitrogens with one attached hydrogen (secondary N) is 3. The molecule has 1 aliphatic carbocycles. The zero-order valence-electron chi connectivity index (χ0n) is 16.0. The highest BCUT2D eigenvalue weighted by molar-refractivity contribution is 5.87. The Kier molecular flexibility index (Phi) is 6.42. The van der Waals surface area contributed by atoms with E-state index in [-0.39, 0.29) is 30.7 Å². The zero-order valence-corrected chi connectivity index (χ0v) is 16.0. The lowest BCUT2D eigenvalue weighted by Crippen LogP contribution is -2.54. The largest absolute Gasteiger partial charge is 0.454 e. The Labute approximate surface area is 160 Å². The number of hydrogen-bond donors (Lipinski definition) is 3. The summed E-state index contributed by atoms with van der Waals surface area (Å²) in [7, 11) is 0. The lowest BCUT2D eigenvalue weighted by atomic mass is 9.96. The van der Waals surface area contributed by atoms with Crippen LogP contribution in [0.1, 0.15) is 51.5 Å². The van der Waals surface area contributed by atoms with Gasteiger partial charge in [0.05, 0.1) is 0 Å². The first-order chi connectivity index (χ1) is 13.0. The van der Waals surface area contributed by atoms with Crippen molar-refractivity contribution in [3.05, 3.63) is 23.8 Å². The van der Waals surface area contributed by atoms with Crippen LogP contribution in [0.4, 0.5) is 4.79 Å². The molecule has 0 aromatic heterocycles. The van der Waals surface area contributed by atoms with Gasteiger partial charge in [0.15, 0.2) is 11.5 Å². The first kappa shape index (κ1) is 19.3. The van der Waals surface area contributed by atoms with Crippen LogP contribution < -0.4 is 25.4 Å². The predicted molar refractivity (Wildman–Crippen MR) is 102 cm³/mol. The van der Waals surface area contributed by atoms with Crippen LogP contribution in [0.15, 0.2) is 18.2 Å². The molecule has 0 spiro atoms. The van der Waals surface area contributed by atoms with Crippen LogP contribution in [0.3, 0.4) is 0 Å². The van der Waals surface area contributed by atoms with Crippen LogP contribution in [0.5, 0.6) is 11.5 Å². The van der Waals surface area contributed by atoms with Gasteiger partial charge in [-0.1, -0.05) is 39.2 Å². The molecule has 0 saturated heterocycles. The summed E-state index contributed by atoms with van der Waals surface area (Å²) < 4.78 is 10.6. The van der Waals surface area contributed by atoms with E-state index >= 15 is 0 Å². The summed E-state index contributed by atoms with van der Waals surface area (Å²) >= 11 is 0. The lowest BCUT2D eigenvalue weighted by molar-refractivity contribution is -0.124. The lowest BCUT2D eigenvalue weighted by Gasteiger charge is -2.26. The van der Waals surface area contributed by atoms with Gasteiger partial charge in [-0.3, -0.25) is 4.79 Å². The van der Waals surface area contributed by atoms with Gasteiger partial charge in [-0.25, -0.2) is 4.79 Å². The van der Waals surface area contributed by atoms with Gasteiger partial charge >= 0.3 is 6.03 Å². The second-order valence-corrected chi connectivity index (χ2v) is 7.58. The molecule has 1 aromatic rings. The smallest absolute Gasteiger partial charge is 0.315 e. The van der Waals surface area contributed by atoms with E-state index in [0.29, 0.717) is 18.0 Å². The summed E-state index contributed by atoms with van der Waals surface area (Å²) in [5.41, 5.74) is 0.918. The summed E-state index contributed by atoms with van der Waals surface area (Å²) in [4.78, 5) is 24.9. The van der Waals surface area contributed by atoms with Gasteiger partial charge in [0, 0.05) is 12.6 Å².